The summed E-state index contributed by atoms with van der Waals surface area (Å²) in [6.45, 7) is 13.7. The molecular formula is C22H46O6. The molecule has 1 saturated heterocycles. The molecule has 0 amide bonds. The molecule has 0 aliphatic carbocycles. The van der Waals surface area contributed by atoms with Gasteiger partial charge in [-0.15, -0.1) is 0 Å². The van der Waals surface area contributed by atoms with Gasteiger partial charge in [0.15, 0.2) is 0 Å². The lowest BCUT2D eigenvalue weighted by Crippen LogP contribution is -2.08. The Kier molecular flexibility index (Phi) is 26.5. The number of hydrogen-bond donors (Lipinski definition) is 0. The molecule has 0 aromatic heterocycles. The zero-order valence-electron chi connectivity index (χ0n) is 18.6. The van der Waals surface area contributed by atoms with Gasteiger partial charge in [0.25, 0.3) is 0 Å². The molecule has 6 nitrogen and oxygen atoms in total. The lowest BCUT2D eigenvalue weighted by Gasteiger charge is -2.08. The van der Waals surface area contributed by atoms with E-state index in [1.807, 2.05) is 0 Å². The van der Waals surface area contributed by atoms with Gasteiger partial charge in [0, 0.05) is 39.6 Å². The van der Waals surface area contributed by atoms with E-state index >= 15 is 0 Å². The summed E-state index contributed by atoms with van der Waals surface area (Å²) in [5, 5.41) is 0. The Hall–Kier alpha value is -0.240. The zero-order chi connectivity index (χ0) is 20.4. The van der Waals surface area contributed by atoms with E-state index in [1.165, 1.54) is 12.8 Å². The molecule has 0 bridgehead atoms. The van der Waals surface area contributed by atoms with E-state index in [1.54, 1.807) is 0 Å². The van der Waals surface area contributed by atoms with E-state index in [-0.39, 0.29) is 0 Å². The summed E-state index contributed by atoms with van der Waals surface area (Å²) in [7, 11) is 0. The number of hydrogen-bond acceptors (Lipinski definition) is 6. The van der Waals surface area contributed by atoms with Crippen LogP contribution < -0.4 is 0 Å². The van der Waals surface area contributed by atoms with Crippen LogP contribution in [0.1, 0.15) is 65.2 Å². The smallest absolute Gasteiger partial charge is 0.0700 e. The monoisotopic (exact) mass is 406 g/mol. The van der Waals surface area contributed by atoms with Crippen LogP contribution in [0.25, 0.3) is 0 Å². The Bertz CT molecular complexity index is 182. The predicted octanol–water partition coefficient (Wildman–Crippen LogP) is 4.25. The first kappa shape index (κ1) is 27.8. The lowest BCUT2D eigenvalue weighted by atomic mass is 10.2. The molecule has 0 atom stereocenters. The minimum absolute atomic E-state index is 0.722. The summed E-state index contributed by atoms with van der Waals surface area (Å²) < 4.78 is 32.4. The van der Waals surface area contributed by atoms with Gasteiger partial charge in [0.05, 0.1) is 39.6 Å². The van der Waals surface area contributed by atoms with Crippen LogP contribution >= 0.6 is 0 Å². The molecule has 170 valence electrons. The van der Waals surface area contributed by atoms with Crippen molar-refractivity contribution < 1.29 is 28.4 Å². The molecular weight excluding hydrogens is 360 g/mol. The van der Waals surface area contributed by atoms with Crippen molar-refractivity contribution in [2.45, 2.75) is 65.2 Å². The van der Waals surface area contributed by atoms with E-state index in [9.17, 15) is 0 Å². The third kappa shape index (κ3) is 25.8. The van der Waals surface area contributed by atoms with Crippen LogP contribution in [-0.4, -0.2) is 79.3 Å². The third-order valence-electron chi connectivity index (χ3n) is 3.97. The zero-order valence-corrected chi connectivity index (χ0v) is 18.6. The second-order valence-corrected chi connectivity index (χ2v) is 6.80. The maximum Gasteiger partial charge on any atom is 0.0700 e. The fourth-order valence-corrected chi connectivity index (χ4v) is 2.42. The minimum Gasteiger partial charge on any atom is -0.379 e. The average Bonchev–Trinajstić information content (AvgIpc) is 2.71. The van der Waals surface area contributed by atoms with Crippen molar-refractivity contribution in [2.75, 3.05) is 79.3 Å². The SMILES string of the molecule is C1CCOCCOCCCCCOCCOCC1.CCCOCCOCCC. The Labute approximate surface area is 173 Å². The largest absolute Gasteiger partial charge is 0.379 e. The van der Waals surface area contributed by atoms with Gasteiger partial charge < -0.3 is 28.4 Å². The van der Waals surface area contributed by atoms with Crippen molar-refractivity contribution in [3.63, 3.8) is 0 Å². The molecule has 0 aromatic rings. The van der Waals surface area contributed by atoms with Gasteiger partial charge in [0.1, 0.15) is 0 Å². The molecule has 0 unspecified atom stereocenters. The van der Waals surface area contributed by atoms with Crippen LogP contribution in [0.3, 0.4) is 0 Å². The van der Waals surface area contributed by atoms with Gasteiger partial charge in [-0.3, -0.25) is 0 Å². The molecule has 6 heteroatoms. The van der Waals surface area contributed by atoms with Crippen molar-refractivity contribution >= 4 is 0 Å². The molecule has 1 heterocycles. The Balaban J connectivity index is 0.000000621. The highest BCUT2D eigenvalue weighted by Crippen LogP contribution is 1.99. The van der Waals surface area contributed by atoms with Gasteiger partial charge >= 0.3 is 0 Å². The van der Waals surface area contributed by atoms with E-state index in [0.29, 0.717) is 0 Å². The summed E-state index contributed by atoms with van der Waals surface area (Å²) in [6.07, 6.45) is 8.96. The summed E-state index contributed by atoms with van der Waals surface area (Å²) in [4.78, 5) is 0. The molecule has 1 aliphatic heterocycles. The summed E-state index contributed by atoms with van der Waals surface area (Å²) in [5.74, 6) is 0. The van der Waals surface area contributed by atoms with Crippen molar-refractivity contribution in [1.29, 1.82) is 0 Å². The van der Waals surface area contributed by atoms with E-state index < -0.39 is 0 Å². The van der Waals surface area contributed by atoms with Crippen LogP contribution in [0.2, 0.25) is 0 Å². The quantitative estimate of drug-likeness (QED) is 0.589. The molecule has 0 spiro atoms. The van der Waals surface area contributed by atoms with Crippen molar-refractivity contribution in [3.8, 4) is 0 Å². The second-order valence-electron chi connectivity index (χ2n) is 6.80. The number of ether oxygens (including phenoxy) is 6. The predicted molar refractivity (Wildman–Crippen MR) is 113 cm³/mol. The summed E-state index contributed by atoms with van der Waals surface area (Å²) >= 11 is 0. The van der Waals surface area contributed by atoms with Gasteiger partial charge in [-0.05, 0) is 51.4 Å². The van der Waals surface area contributed by atoms with Crippen molar-refractivity contribution in [3.05, 3.63) is 0 Å². The van der Waals surface area contributed by atoms with Crippen LogP contribution in [0.15, 0.2) is 0 Å². The topological polar surface area (TPSA) is 55.4 Å². The van der Waals surface area contributed by atoms with Crippen LogP contribution in [-0.2, 0) is 28.4 Å². The first-order valence-electron chi connectivity index (χ1n) is 11.4. The van der Waals surface area contributed by atoms with Gasteiger partial charge in [-0.25, -0.2) is 0 Å². The van der Waals surface area contributed by atoms with Gasteiger partial charge in [-0.2, -0.15) is 0 Å². The highest BCUT2D eigenvalue weighted by molar-refractivity contribution is 4.44. The highest BCUT2D eigenvalue weighted by atomic mass is 16.5. The Morgan fingerprint density at radius 2 is 0.750 bits per heavy atom. The van der Waals surface area contributed by atoms with Gasteiger partial charge in [0.2, 0.25) is 0 Å². The average molecular weight is 407 g/mol. The molecule has 1 rings (SSSR count). The second kappa shape index (κ2) is 26.8. The third-order valence-corrected chi connectivity index (χ3v) is 3.97. The van der Waals surface area contributed by atoms with Crippen LogP contribution in [0.4, 0.5) is 0 Å². The van der Waals surface area contributed by atoms with Crippen molar-refractivity contribution in [1.82, 2.24) is 0 Å². The normalized spacial score (nSPS) is 19.1. The minimum atomic E-state index is 0.722. The molecule has 1 aliphatic rings. The highest BCUT2D eigenvalue weighted by Gasteiger charge is 1.96. The maximum atomic E-state index is 5.49. The van der Waals surface area contributed by atoms with Crippen LogP contribution in [0.5, 0.6) is 0 Å². The molecule has 1 fully saturated rings. The molecule has 0 N–H and O–H groups in total. The fourth-order valence-electron chi connectivity index (χ4n) is 2.42. The molecule has 28 heavy (non-hydrogen) atoms. The standard InChI is InChI=1S/C14H28O4.C8H18O2/c1-3-7-15-11-13-17-9-5-2-6-10-18-14-12-16-8-4-1;1-3-5-9-7-8-10-6-4-2/h1-14H2;3-8H2,1-2H3. The Morgan fingerprint density at radius 1 is 0.429 bits per heavy atom. The molecule has 0 radical (unpaired) electrons. The first-order chi connectivity index (χ1) is 13.9. The fraction of sp³-hybridized carbons (Fsp3) is 1.00. The summed E-state index contributed by atoms with van der Waals surface area (Å²) in [5.41, 5.74) is 0. The maximum absolute atomic E-state index is 5.49. The van der Waals surface area contributed by atoms with Crippen LogP contribution in [0, 0.1) is 0 Å². The molecule has 0 aromatic carbocycles. The van der Waals surface area contributed by atoms with Crippen molar-refractivity contribution in [2.24, 2.45) is 0 Å². The first-order valence-corrected chi connectivity index (χ1v) is 11.4. The lowest BCUT2D eigenvalue weighted by molar-refractivity contribution is 0.0327. The Morgan fingerprint density at radius 3 is 1.04 bits per heavy atom. The summed E-state index contributed by atoms with van der Waals surface area (Å²) in [6, 6.07) is 0. The van der Waals surface area contributed by atoms with Gasteiger partial charge in [-0.1, -0.05) is 13.8 Å². The van der Waals surface area contributed by atoms with E-state index in [2.05, 4.69) is 13.8 Å². The molecule has 0 saturated carbocycles. The number of rotatable bonds is 7. The van der Waals surface area contributed by atoms with E-state index in [0.717, 1.165) is 118 Å². The van der Waals surface area contributed by atoms with E-state index in [4.69, 9.17) is 28.4 Å².